The molecule has 5 nitrogen and oxygen atoms in total. The van der Waals surface area contributed by atoms with Gasteiger partial charge < -0.3 is 15.2 Å². The number of carbonyl (C=O) groups is 1. The summed E-state index contributed by atoms with van der Waals surface area (Å²) < 4.78 is 5.50. The van der Waals surface area contributed by atoms with Crippen LogP contribution in [0.2, 0.25) is 0 Å². The third-order valence-electron chi connectivity index (χ3n) is 5.14. The molecule has 1 aliphatic carbocycles. The van der Waals surface area contributed by atoms with Gasteiger partial charge in [0.25, 0.3) is 5.91 Å². The Morgan fingerprint density at radius 1 is 1.32 bits per heavy atom. The molecule has 5 heteroatoms. The van der Waals surface area contributed by atoms with E-state index in [4.69, 9.17) is 4.74 Å². The highest BCUT2D eigenvalue weighted by Crippen LogP contribution is 2.32. The van der Waals surface area contributed by atoms with E-state index in [0.29, 0.717) is 24.5 Å². The minimum atomic E-state index is -0.245. The normalized spacial score (nSPS) is 22.4. The average Bonchev–Trinajstić information content (AvgIpc) is 3.07. The predicted molar refractivity (Wildman–Crippen MR) is 93.6 cm³/mol. The van der Waals surface area contributed by atoms with Crippen molar-refractivity contribution in [3.63, 3.8) is 0 Å². The Labute approximate surface area is 147 Å². The lowest BCUT2D eigenvalue weighted by atomic mass is 9.76. The van der Waals surface area contributed by atoms with Crippen LogP contribution in [0.1, 0.15) is 34.5 Å². The fourth-order valence-electron chi connectivity index (χ4n) is 3.62. The molecule has 2 aromatic rings. The van der Waals surface area contributed by atoms with Crippen molar-refractivity contribution in [1.29, 1.82) is 0 Å². The number of amides is 1. The fraction of sp³-hybridized carbons (Fsp3) is 0.400. The predicted octanol–water partition coefficient (Wildman–Crippen LogP) is 2.13. The maximum absolute atomic E-state index is 12.7. The molecule has 1 aromatic carbocycles. The minimum Gasteiger partial charge on any atom is -0.493 e. The number of hydrogen-bond donors (Lipinski definition) is 2. The number of carbonyl (C=O) groups excluding carboxylic acids is 1. The quantitative estimate of drug-likeness (QED) is 0.876. The monoisotopic (exact) mass is 338 g/mol. The van der Waals surface area contributed by atoms with Gasteiger partial charge in [-0.3, -0.25) is 9.78 Å². The number of aromatic nitrogens is 1. The van der Waals surface area contributed by atoms with E-state index in [2.05, 4.69) is 10.3 Å². The molecule has 0 radical (unpaired) electrons. The van der Waals surface area contributed by atoms with Crippen molar-refractivity contribution in [2.24, 2.45) is 5.92 Å². The summed E-state index contributed by atoms with van der Waals surface area (Å²) >= 11 is 0. The number of rotatable bonds is 5. The summed E-state index contributed by atoms with van der Waals surface area (Å²) in [6.07, 6.45) is 4.52. The van der Waals surface area contributed by atoms with Gasteiger partial charge in [0.2, 0.25) is 0 Å². The molecule has 1 fully saturated rings. The van der Waals surface area contributed by atoms with Crippen molar-refractivity contribution in [2.45, 2.75) is 37.8 Å². The van der Waals surface area contributed by atoms with Crippen LogP contribution in [0.25, 0.3) is 0 Å². The van der Waals surface area contributed by atoms with Crippen molar-refractivity contribution < 1.29 is 14.6 Å². The first-order valence-corrected chi connectivity index (χ1v) is 8.83. The molecular formula is C20H22N2O3. The summed E-state index contributed by atoms with van der Waals surface area (Å²) in [5.41, 5.74) is 2.71. The van der Waals surface area contributed by atoms with Crippen molar-refractivity contribution in [1.82, 2.24) is 10.3 Å². The molecule has 2 N–H and O–H groups in total. The van der Waals surface area contributed by atoms with Crippen LogP contribution in [0.15, 0.2) is 42.6 Å². The molecule has 2 heterocycles. The third-order valence-corrected chi connectivity index (χ3v) is 5.14. The maximum Gasteiger partial charge on any atom is 0.251 e. The summed E-state index contributed by atoms with van der Waals surface area (Å²) in [6.45, 7) is 0.683. The van der Waals surface area contributed by atoms with E-state index < -0.39 is 0 Å². The topological polar surface area (TPSA) is 71.5 Å². The lowest BCUT2D eigenvalue weighted by Crippen LogP contribution is -2.48. The second-order valence-electron chi connectivity index (χ2n) is 6.91. The van der Waals surface area contributed by atoms with Crippen LogP contribution in [0.5, 0.6) is 5.75 Å². The van der Waals surface area contributed by atoms with Crippen LogP contribution in [0, 0.1) is 5.92 Å². The molecule has 0 bridgehead atoms. The first kappa shape index (κ1) is 16.1. The van der Waals surface area contributed by atoms with Gasteiger partial charge in [-0.15, -0.1) is 0 Å². The highest BCUT2D eigenvalue weighted by Gasteiger charge is 2.35. The largest absolute Gasteiger partial charge is 0.493 e. The van der Waals surface area contributed by atoms with Crippen LogP contribution in [0.4, 0.5) is 0 Å². The number of nitrogens with zero attached hydrogens (tertiary/aromatic N) is 1. The molecule has 0 spiro atoms. The second-order valence-corrected chi connectivity index (χ2v) is 6.91. The molecule has 1 aliphatic heterocycles. The summed E-state index contributed by atoms with van der Waals surface area (Å²) in [4.78, 5) is 17.1. The fourth-order valence-corrected chi connectivity index (χ4v) is 3.62. The Morgan fingerprint density at radius 3 is 2.96 bits per heavy atom. The van der Waals surface area contributed by atoms with Gasteiger partial charge in [0.1, 0.15) is 5.75 Å². The van der Waals surface area contributed by atoms with Crippen LogP contribution >= 0.6 is 0 Å². The standard InChI is InChI=1S/C20H22N2O3/c23-17-10-15(11-17)18(12-16-3-1-2-7-21-16)22-20(24)14-4-5-19-13(9-14)6-8-25-19/h1-5,7,9,15,17-18,23H,6,8,10-12H2,(H,22,24)/t15?,17?,18-/m0/s1. The molecule has 2 aliphatic rings. The van der Waals surface area contributed by atoms with Crippen LogP contribution in [-0.4, -0.2) is 34.8 Å². The number of aliphatic hydroxyl groups is 1. The molecule has 1 saturated carbocycles. The third kappa shape index (κ3) is 3.51. The SMILES string of the molecule is O=C(N[C@@H](Cc1ccccn1)C1CC(O)C1)c1ccc2c(c1)CCO2. The number of pyridine rings is 1. The van der Waals surface area contributed by atoms with Crippen LogP contribution < -0.4 is 10.1 Å². The summed E-state index contributed by atoms with van der Waals surface area (Å²) in [5.74, 6) is 1.10. The van der Waals surface area contributed by atoms with E-state index in [1.165, 1.54) is 0 Å². The Balaban J connectivity index is 1.48. The van der Waals surface area contributed by atoms with E-state index in [1.54, 1.807) is 6.20 Å². The molecule has 0 saturated heterocycles. The number of aliphatic hydroxyl groups excluding tert-OH is 1. The molecule has 1 amide bonds. The Hall–Kier alpha value is -2.40. The average molecular weight is 338 g/mol. The highest BCUT2D eigenvalue weighted by molar-refractivity contribution is 5.94. The Bertz CT molecular complexity index is 757. The molecule has 1 aromatic heterocycles. The molecular weight excluding hydrogens is 316 g/mol. The molecule has 130 valence electrons. The van der Waals surface area contributed by atoms with Crippen molar-refractivity contribution >= 4 is 5.91 Å². The molecule has 25 heavy (non-hydrogen) atoms. The Morgan fingerprint density at radius 2 is 2.20 bits per heavy atom. The van der Waals surface area contributed by atoms with Gasteiger partial charge >= 0.3 is 0 Å². The summed E-state index contributed by atoms with van der Waals surface area (Å²) in [6, 6.07) is 11.4. The highest BCUT2D eigenvalue weighted by atomic mass is 16.5. The van der Waals surface area contributed by atoms with Crippen molar-refractivity contribution in [3.8, 4) is 5.75 Å². The van der Waals surface area contributed by atoms with Gasteiger partial charge in [-0.1, -0.05) is 6.07 Å². The first-order chi connectivity index (χ1) is 12.2. The zero-order valence-electron chi connectivity index (χ0n) is 14.0. The lowest BCUT2D eigenvalue weighted by molar-refractivity contribution is 0.0238. The van der Waals surface area contributed by atoms with Gasteiger partial charge in [0, 0.05) is 36.3 Å². The Kier molecular flexibility index (Phi) is 4.40. The van der Waals surface area contributed by atoms with E-state index in [-0.39, 0.29) is 18.1 Å². The molecule has 4 rings (SSSR count). The number of fused-ring (bicyclic) bond motifs is 1. The van der Waals surface area contributed by atoms with E-state index >= 15 is 0 Å². The van der Waals surface area contributed by atoms with Gasteiger partial charge in [0.15, 0.2) is 0 Å². The number of hydrogen-bond acceptors (Lipinski definition) is 4. The van der Waals surface area contributed by atoms with E-state index in [9.17, 15) is 9.90 Å². The van der Waals surface area contributed by atoms with Gasteiger partial charge in [-0.05, 0) is 54.7 Å². The summed E-state index contributed by atoms with van der Waals surface area (Å²) in [7, 11) is 0. The van der Waals surface area contributed by atoms with Crippen molar-refractivity contribution in [2.75, 3.05) is 6.61 Å². The van der Waals surface area contributed by atoms with E-state index in [1.807, 2.05) is 36.4 Å². The maximum atomic E-state index is 12.7. The number of benzene rings is 1. The minimum absolute atomic E-state index is 0.0182. The van der Waals surface area contributed by atoms with Gasteiger partial charge in [0.05, 0.1) is 12.7 Å². The van der Waals surface area contributed by atoms with Gasteiger partial charge in [-0.2, -0.15) is 0 Å². The number of ether oxygens (including phenoxy) is 1. The smallest absolute Gasteiger partial charge is 0.251 e. The molecule has 1 atom stereocenters. The first-order valence-electron chi connectivity index (χ1n) is 8.83. The van der Waals surface area contributed by atoms with Gasteiger partial charge in [-0.25, -0.2) is 0 Å². The zero-order chi connectivity index (χ0) is 17.2. The van der Waals surface area contributed by atoms with Crippen LogP contribution in [0.3, 0.4) is 0 Å². The van der Waals surface area contributed by atoms with Crippen LogP contribution in [-0.2, 0) is 12.8 Å². The van der Waals surface area contributed by atoms with E-state index in [0.717, 1.165) is 36.3 Å². The summed E-state index contributed by atoms with van der Waals surface area (Å²) in [5, 5.41) is 12.8. The second kappa shape index (κ2) is 6.84. The number of nitrogens with one attached hydrogen (secondary N) is 1. The lowest BCUT2D eigenvalue weighted by Gasteiger charge is -2.38. The van der Waals surface area contributed by atoms with Crippen molar-refractivity contribution in [3.05, 3.63) is 59.4 Å². The molecule has 0 unspecified atom stereocenters. The zero-order valence-corrected chi connectivity index (χ0v) is 14.0.